The number of benzene rings is 1. The van der Waals surface area contributed by atoms with Crippen LogP contribution in [-0.4, -0.2) is 39.6 Å². The summed E-state index contributed by atoms with van der Waals surface area (Å²) in [4.78, 5) is 8.15. The van der Waals surface area contributed by atoms with Crippen LogP contribution in [0.5, 0.6) is 0 Å². The average molecular weight is 388 g/mol. The first-order valence-electron chi connectivity index (χ1n) is 8.63. The molecule has 0 radical (unpaired) electrons. The molecule has 0 amide bonds. The second-order valence-corrected chi connectivity index (χ2v) is 8.84. The van der Waals surface area contributed by atoms with Crippen molar-refractivity contribution in [2.45, 2.75) is 31.0 Å². The van der Waals surface area contributed by atoms with Crippen molar-refractivity contribution in [1.82, 2.24) is 20.1 Å². The Bertz CT molecular complexity index is 797. The van der Waals surface area contributed by atoms with Crippen LogP contribution < -0.4 is 5.32 Å². The number of hydrogen-bond donors (Lipinski definition) is 2. The Labute approximate surface area is 163 Å². The highest BCUT2D eigenvalue weighted by Crippen LogP contribution is 2.23. The summed E-state index contributed by atoms with van der Waals surface area (Å²) < 4.78 is 0. The van der Waals surface area contributed by atoms with Gasteiger partial charge in [-0.25, -0.2) is 5.10 Å². The number of rotatable bonds is 9. The molecule has 0 aliphatic carbocycles. The normalized spacial score (nSPS) is 12.5. The number of aromatic amines is 1. The molecular weight excluding hydrogens is 362 g/mol. The first-order valence-corrected chi connectivity index (χ1v) is 10.6. The van der Waals surface area contributed by atoms with Crippen LogP contribution in [0.1, 0.15) is 28.8 Å². The molecule has 138 valence electrons. The van der Waals surface area contributed by atoms with Gasteiger partial charge >= 0.3 is 0 Å². The number of H-pyrrole nitrogens is 1. The fraction of sp³-hybridized carbons (Fsp3) is 0.368. The monoisotopic (exact) mass is 387 g/mol. The van der Waals surface area contributed by atoms with Gasteiger partial charge in [0.15, 0.2) is 5.82 Å². The zero-order valence-corrected chi connectivity index (χ0v) is 17.0. The van der Waals surface area contributed by atoms with E-state index in [4.69, 9.17) is 0 Å². The molecule has 5 nitrogen and oxygen atoms in total. The molecule has 1 aromatic carbocycles. The molecule has 0 aliphatic rings. The minimum absolute atomic E-state index is 0.254. The molecule has 3 rings (SSSR count). The highest BCUT2D eigenvalue weighted by Gasteiger charge is 2.09. The molecule has 2 heterocycles. The number of anilines is 1. The van der Waals surface area contributed by atoms with Crippen LogP contribution in [0.15, 0.2) is 41.8 Å². The van der Waals surface area contributed by atoms with E-state index in [1.807, 2.05) is 41.3 Å². The predicted molar refractivity (Wildman–Crippen MR) is 112 cm³/mol. The molecule has 0 fully saturated rings. The van der Waals surface area contributed by atoms with Crippen LogP contribution in [0.25, 0.3) is 0 Å². The van der Waals surface area contributed by atoms with Gasteiger partial charge in [-0.1, -0.05) is 30.3 Å². The van der Waals surface area contributed by atoms with E-state index in [1.54, 1.807) is 0 Å². The number of aromatic nitrogens is 3. The number of hydrogen-bond acceptors (Lipinski definition) is 6. The van der Waals surface area contributed by atoms with Crippen molar-refractivity contribution in [1.29, 1.82) is 0 Å². The lowest BCUT2D eigenvalue weighted by atomic mass is 10.1. The first-order chi connectivity index (χ1) is 12.6. The van der Waals surface area contributed by atoms with Crippen molar-refractivity contribution in [3.05, 3.63) is 63.6 Å². The molecular formula is C19H25N5S2. The van der Waals surface area contributed by atoms with Crippen LogP contribution in [0.2, 0.25) is 0 Å². The van der Waals surface area contributed by atoms with E-state index in [0.29, 0.717) is 0 Å². The van der Waals surface area contributed by atoms with Crippen molar-refractivity contribution in [3.8, 4) is 0 Å². The van der Waals surface area contributed by atoms with E-state index in [9.17, 15) is 0 Å². The maximum atomic E-state index is 4.54. The molecule has 0 saturated heterocycles. The molecule has 1 atom stereocenters. The molecule has 0 saturated carbocycles. The van der Waals surface area contributed by atoms with Gasteiger partial charge in [-0.05, 0) is 43.6 Å². The lowest BCUT2D eigenvalue weighted by Crippen LogP contribution is -2.12. The van der Waals surface area contributed by atoms with E-state index < -0.39 is 0 Å². The van der Waals surface area contributed by atoms with Crippen molar-refractivity contribution in [2.24, 2.45) is 0 Å². The fourth-order valence-electron chi connectivity index (χ4n) is 2.57. The van der Waals surface area contributed by atoms with Crippen molar-refractivity contribution < 1.29 is 0 Å². The summed E-state index contributed by atoms with van der Waals surface area (Å²) >= 11 is 3.70. The summed E-state index contributed by atoms with van der Waals surface area (Å²) in [6.07, 6.45) is 0.740. The number of nitrogens with zero attached hydrogens (tertiary/aromatic N) is 3. The van der Waals surface area contributed by atoms with Crippen molar-refractivity contribution in [3.63, 3.8) is 0 Å². The third-order valence-electron chi connectivity index (χ3n) is 3.76. The highest BCUT2D eigenvalue weighted by molar-refractivity contribution is 7.99. The number of nitrogens with one attached hydrogen (secondary N) is 2. The molecule has 26 heavy (non-hydrogen) atoms. The first kappa shape index (κ1) is 18.9. The van der Waals surface area contributed by atoms with Gasteiger partial charge in [0.1, 0.15) is 0 Å². The zero-order valence-electron chi connectivity index (χ0n) is 15.4. The van der Waals surface area contributed by atoms with Crippen LogP contribution in [-0.2, 0) is 18.7 Å². The third-order valence-corrected chi connectivity index (χ3v) is 5.85. The van der Waals surface area contributed by atoms with Gasteiger partial charge in [0.25, 0.3) is 0 Å². The summed E-state index contributed by atoms with van der Waals surface area (Å²) in [6.45, 7) is 3.16. The molecule has 0 bridgehead atoms. The minimum atomic E-state index is 0.254. The van der Waals surface area contributed by atoms with Crippen molar-refractivity contribution in [2.75, 3.05) is 19.4 Å². The Morgan fingerprint density at radius 1 is 1.23 bits per heavy atom. The quantitative estimate of drug-likeness (QED) is 0.539. The van der Waals surface area contributed by atoms with Crippen LogP contribution in [0.4, 0.5) is 5.95 Å². The fourth-order valence-corrected chi connectivity index (χ4v) is 4.49. The Hall–Kier alpha value is -1.83. The Morgan fingerprint density at radius 2 is 2.04 bits per heavy atom. The molecule has 7 heteroatoms. The van der Waals surface area contributed by atoms with Gasteiger partial charge in [0, 0.05) is 23.6 Å². The van der Waals surface area contributed by atoms with Gasteiger partial charge in [-0.15, -0.1) is 23.1 Å². The third kappa shape index (κ3) is 5.86. The zero-order chi connectivity index (χ0) is 18.4. The van der Waals surface area contributed by atoms with Crippen LogP contribution in [0, 0.1) is 0 Å². The van der Waals surface area contributed by atoms with Gasteiger partial charge in [-0.3, -0.25) is 0 Å². The summed E-state index contributed by atoms with van der Waals surface area (Å²) in [5.41, 5.74) is 2.60. The van der Waals surface area contributed by atoms with E-state index >= 15 is 0 Å². The second-order valence-electron chi connectivity index (χ2n) is 6.52. The standard InChI is InChI=1S/C19H25N5S2/c1-14(25-12-16-9-17(26-13-16)11-24(2)3)20-19-21-18(22-23-19)10-15-7-5-4-6-8-15/h4-9,13-14H,10-12H2,1-3H3,(H2,20,21,22,23). The lowest BCUT2D eigenvalue weighted by molar-refractivity contribution is 0.406. The average Bonchev–Trinajstić information content (AvgIpc) is 3.23. The van der Waals surface area contributed by atoms with E-state index in [0.717, 1.165) is 30.5 Å². The molecule has 2 N–H and O–H groups in total. The largest absolute Gasteiger partial charge is 0.343 e. The second kappa shape index (κ2) is 9.21. The SMILES string of the molecule is CC(Nc1nc(Cc2ccccc2)n[nH]1)SCc1csc(CN(C)C)c1. The molecule has 1 unspecified atom stereocenters. The summed E-state index contributed by atoms with van der Waals surface area (Å²) in [5.74, 6) is 2.53. The smallest absolute Gasteiger partial charge is 0.219 e. The molecule has 0 spiro atoms. The maximum absolute atomic E-state index is 4.54. The number of thioether (sulfide) groups is 1. The summed E-state index contributed by atoms with van der Waals surface area (Å²) in [5, 5.41) is 13.2. The topological polar surface area (TPSA) is 56.8 Å². The maximum Gasteiger partial charge on any atom is 0.219 e. The van der Waals surface area contributed by atoms with Crippen LogP contribution in [0.3, 0.4) is 0 Å². The van der Waals surface area contributed by atoms with E-state index in [2.05, 4.69) is 70.0 Å². The molecule has 0 aliphatic heterocycles. The summed E-state index contributed by atoms with van der Waals surface area (Å²) in [6, 6.07) is 12.6. The molecule has 3 aromatic rings. The van der Waals surface area contributed by atoms with Gasteiger partial charge in [-0.2, -0.15) is 10.1 Å². The number of thiophene rings is 1. The van der Waals surface area contributed by atoms with Gasteiger partial charge < -0.3 is 10.2 Å². The Balaban J connectivity index is 1.46. The van der Waals surface area contributed by atoms with Gasteiger partial charge in [0.05, 0.1) is 5.37 Å². The lowest BCUT2D eigenvalue weighted by Gasteiger charge is -2.11. The summed E-state index contributed by atoms with van der Waals surface area (Å²) in [7, 11) is 4.20. The minimum Gasteiger partial charge on any atom is -0.343 e. The van der Waals surface area contributed by atoms with E-state index in [1.165, 1.54) is 16.0 Å². The highest BCUT2D eigenvalue weighted by atomic mass is 32.2. The molecule has 2 aromatic heterocycles. The predicted octanol–water partition coefficient (Wildman–Crippen LogP) is 4.21. The van der Waals surface area contributed by atoms with Crippen LogP contribution >= 0.6 is 23.1 Å². The Morgan fingerprint density at radius 3 is 2.81 bits per heavy atom. The van der Waals surface area contributed by atoms with Crippen molar-refractivity contribution >= 4 is 29.0 Å². The van der Waals surface area contributed by atoms with Gasteiger partial charge in [0.2, 0.25) is 5.95 Å². The van der Waals surface area contributed by atoms with E-state index in [-0.39, 0.29) is 5.37 Å². The Kier molecular flexibility index (Phi) is 6.71.